The Morgan fingerprint density at radius 1 is 0.885 bits per heavy atom. The van der Waals surface area contributed by atoms with Gasteiger partial charge >= 0.3 is 0 Å². The Morgan fingerprint density at radius 3 is 1.92 bits per heavy atom. The molecule has 1 aromatic rings. The number of nitrogens with zero attached hydrogens (tertiary/aromatic N) is 2. The molecule has 0 radical (unpaired) electrons. The van der Waals surface area contributed by atoms with Crippen LogP contribution in [0, 0.1) is 0 Å². The topological polar surface area (TPSA) is 80.8 Å². The van der Waals surface area contributed by atoms with Crippen LogP contribution in [0.1, 0.15) is 59.3 Å². The molecule has 0 saturated carbocycles. The van der Waals surface area contributed by atoms with Crippen LogP contribution in [0.3, 0.4) is 0 Å². The summed E-state index contributed by atoms with van der Waals surface area (Å²) in [6, 6.07) is 6.03. The maximum absolute atomic E-state index is 12.8. The molecule has 0 aliphatic carbocycles. The second-order valence-electron chi connectivity index (χ2n) is 6.38. The number of rotatable bonds is 12. The molecular weight excluding hydrogens is 352 g/mol. The van der Waals surface area contributed by atoms with Gasteiger partial charge in [0.2, 0.25) is 10.0 Å². The average Bonchev–Trinajstić information content (AvgIpc) is 2.61. The van der Waals surface area contributed by atoms with E-state index in [0.717, 1.165) is 38.5 Å². The van der Waals surface area contributed by atoms with E-state index in [9.17, 15) is 18.3 Å². The predicted octanol–water partition coefficient (Wildman–Crippen LogP) is 3.23. The summed E-state index contributed by atoms with van der Waals surface area (Å²) in [5, 5.41) is 11.4. The molecule has 0 aromatic heterocycles. The quantitative estimate of drug-likeness (QED) is 0.519. The first-order chi connectivity index (χ1) is 12.4. The first-order valence-electron chi connectivity index (χ1n) is 9.47. The monoisotopic (exact) mass is 383 g/mol. The Kier molecular flexibility index (Phi) is 9.65. The number of carbonyl (C=O) groups is 1. The lowest BCUT2D eigenvalue weighted by atomic mass is 10.2. The van der Waals surface area contributed by atoms with E-state index in [0.29, 0.717) is 25.3 Å². The van der Waals surface area contributed by atoms with Gasteiger partial charge in [-0.25, -0.2) is 8.42 Å². The van der Waals surface area contributed by atoms with Crippen molar-refractivity contribution in [2.75, 3.05) is 24.5 Å². The van der Waals surface area contributed by atoms with Gasteiger partial charge in [0.15, 0.2) is 0 Å². The van der Waals surface area contributed by atoms with Crippen LogP contribution in [-0.2, 0) is 10.0 Å². The van der Waals surface area contributed by atoms with Gasteiger partial charge in [-0.1, -0.05) is 40.0 Å². The van der Waals surface area contributed by atoms with Crippen molar-refractivity contribution in [3.8, 4) is 0 Å². The highest BCUT2D eigenvalue weighted by Crippen LogP contribution is 2.22. The van der Waals surface area contributed by atoms with E-state index in [-0.39, 0.29) is 4.90 Å². The van der Waals surface area contributed by atoms with E-state index in [1.54, 1.807) is 12.1 Å². The Morgan fingerprint density at radius 2 is 1.46 bits per heavy atom. The number of unbranched alkanes of at least 4 members (excludes halogenated alkanes) is 3. The smallest absolute Gasteiger partial charge is 0.243 e. The Bertz CT molecular complexity index is 638. The highest BCUT2D eigenvalue weighted by atomic mass is 32.2. The molecule has 148 valence electrons. The lowest BCUT2D eigenvalue weighted by Crippen LogP contribution is -2.42. The van der Waals surface area contributed by atoms with Crippen LogP contribution in [-0.4, -0.2) is 38.5 Å². The molecule has 0 fully saturated rings. The molecule has 7 heteroatoms. The number of carbonyl (C=O) groups excluding carboxylic acids is 1. The van der Waals surface area contributed by atoms with Crippen molar-refractivity contribution in [3.05, 3.63) is 24.3 Å². The predicted molar refractivity (Wildman–Crippen MR) is 103 cm³/mol. The maximum atomic E-state index is 12.8. The van der Waals surface area contributed by atoms with Gasteiger partial charge in [-0.3, -0.25) is 0 Å². The van der Waals surface area contributed by atoms with Gasteiger partial charge in [-0.2, -0.15) is 4.31 Å². The van der Waals surface area contributed by atoms with E-state index in [4.69, 9.17) is 0 Å². The number of hydrogen-bond acceptors (Lipinski definition) is 4. The normalized spacial score (nSPS) is 11.7. The molecule has 1 aromatic carbocycles. The fraction of sp³-hybridized carbons (Fsp3) is 0.632. The minimum Gasteiger partial charge on any atom is -0.530 e. The molecule has 0 aliphatic rings. The lowest BCUT2D eigenvalue weighted by molar-refractivity contribution is -0.246. The summed E-state index contributed by atoms with van der Waals surface area (Å²) < 4.78 is 27.0. The number of carboxylic acid groups (broad SMARTS) is 1. The summed E-state index contributed by atoms with van der Waals surface area (Å²) in [4.78, 5) is 12.8. The highest BCUT2D eigenvalue weighted by Gasteiger charge is 2.23. The zero-order chi connectivity index (χ0) is 19.6. The van der Waals surface area contributed by atoms with Gasteiger partial charge in [0.05, 0.1) is 4.90 Å². The lowest BCUT2D eigenvalue weighted by Gasteiger charge is -2.26. The molecule has 1 amide bonds. The SMILES string of the molecule is CCCCCCN(C(=O)[O-])c1ccc(S(=O)(=O)N(CCC)CCC)cc1. The van der Waals surface area contributed by atoms with E-state index in [1.165, 1.54) is 21.3 Å². The summed E-state index contributed by atoms with van der Waals surface area (Å²) in [6.07, 6.45) is 4.06. The molecular formula is C19H31N2O4S-. The van der Waals surface area contributed by atoms with E-state index < -0.39 is 16.1 Å². The van der Waals surface area contributed by atoms with Crippen LogP contribution >= 0.6 is 0 Å². The van der Waals surface area contributed by atoms with Crippen LogP contribution in [0.2, 0.25) is 0 Å². The van der Waals surface area contributed by atoms with Crippen molar-refractivity contribution in [2.45, 2.75) is 64.2 Å². The Hall–Kier alpha value is -1.60. The molecule has 0 spiro atoms. The van der Waals surface area contributed by atoms with Crippen LogP contribution < -0.4 is 10.0 Å². The molecule has 1 rings (SSSR count). The molecule has 6 nitrogen and oxygen atoms in total. The Balaban J connectivity index is 2.95. The Labute approximate surface area is 157 Å². The number of amides is 1. The molecule has 0 heterocycles. The van der Waals surface area contributed by atoms with Gasteiger partial charge in [0, 0.05) is 25.3 Å². The summed E-state index contributed by atoms with van der Waals surface area (Å²) in [5.41, 5.74) is 0.443. The minimum atomic E-state index is -3.56. The van der Waals surface area contributed by atoms with Crippen LogP contribution in [0.15, 0.2) is 29.2 Å². The molecule has 0 atom stereocenters. The number of anilines is 1. The standard InChI is InChI=1S/C19H32N2O4S/c1-4-7-8-9-16-21(19(22)23)17-10-12-18(13-11-17)26(24,25)20(14-5-2)15-6-3/h10-13H,4-9,14-16H2,1-3H3,(H,22,23)/p-1. The van der Waals surface area contributed by atoms with E-state index in [2.05, 4.69) is 6.92 Å². The van der Waals surface area contributed by atoms with Crippen LogP contribution in [0.25, 0.3) is 0 Å². The van der Waals surface area contributed by atoms with Crippen molar-refractivity contribution < 1.29 is 18.3 Å². The summed E-state index contributed by atoms with van der Waals surface area (Å²) in [6.45, 7) is 7.28. The van der Waals surface area contributed by atoms with E-state index >= 15 is 0 Å². The van der Waals surface area contributed by atoms with Crippen molar-refractivity contribution >= 4 is 21.8 Å². The fourth-order valence-corrected chi connectivity index (χ4v) is 4.44. The van der Waals surface area contributed by atoms with Gasteiger partial charge in [-0.15, -0.1) is 0 Å². The van der Waals surface area contributed by atoms with Gasteiger partial charge in [-0.05, 0) is 43.5 Å². The largest absolute Gasteiger partial charge is 0.530 e. The van der Waals surface area contributed by atoms with Crippen molar-refractivity contribution in [2.24, 2.45) is 0 Å². The fourth-order valence-electron chi connectivity index (χ4n) is 2.82. The molecule has 0 saturated heterocycles. The molecule has 26 heavy (non-hydrogen) atoms. The molecule has 0 bridgehead atoms. The van der Waals surface area contributed by atoms with Crippen molar-refractivity contribution in [3.63, 3.8) is 0 Å². The van der Waals surface area contributed by atoms with Gasteiger partial charge in [0.25, 0.3) is 0 Å². The maximum Gasteiger partial charge on any atom is 0.243 e. The summed E-state index contributed by atoms with van der Waals surface area (Å²) in [7, 11) is -3.56. The number of sulfonamides is 1. The first kappa shape index (κ1) is 22.4. The van der Waals surface area contributed by atoms with Crippen molar-refractivity contribution in [1.29, 1.82) is 0 Å². The second kappa shape index (κ2) is 11.2. The van der Waals surface area contributed by atoms with Crippen molar-refractivity contribution in [1.82, 2.24) is 4.31 Å². The summed E-state index contributed by atoms with van der Waals surface area (Å²) >= 11 is 0. The molecule has 0 unspecified atom stereocenters. The van der Waals surface area contributed by atoms with Gasteiger partial charge in [0.1, 0.15) is 6.09 Å². The van der Waals surface area contributed by atoms with Gasteiger partial charge < -0.3 is 14.8 Å². The first-order valence-corrected chi connectivity index (χ1v) is 10.9. The number of hydrogen-bond donors (Lipinski definition) is 0. The summed E-state index contributed by atoms with van der Waals surface area (Å²) in [5.74, 6) is 0. The van der Waals surface area contributed by atoms with Crippen LogP contribution in [0.4, 0.5) is 10.5 Å². The van der Waals surface area contributed by atoms with E-state index in [1.807, 2.05) is 13.8 Å². The third-order valence-electron chi connectivity index (χ3n) is 4.19. The average molecular weight is 384 g/mol. The zero-order valence-electron chi connectivity index (χ0n) is 16.1. The minimum absolute atomic E-state index is 0.187. The molecule has 0 aliphatic heterocycles. The third-order valence-corrected chi connectivity index (χ3v) is 6.10. The van der Waals surface area contributed by atoms with Crippen LogP contribution in [0.5, 0.6) is 0 Å². The zero-order valence-corrected chi connectivity index (χ0v) is 16.9. The molecule has 0 N–H and O–H groups in total. The third kappa shape index (κ3) is 6.29. The second-order valence-corrected chi connectivity index (χ2v) is 8.31. The number of benzene rings is 1. The highest BCUT2D eigenvalue weighted by molar-refractivity contribution is 7.89.